The van der Waals surface area contributed by atoms with Crippen LogP contribution in [0.1, 0.15) is 49.8 Å². The Labute approximate surface area is 169 Å². The first kappa shape index (κ1) is 21.0. The highest BCUT2D eigenvalue weighted by molar-refractivity contribution is 5.88. The Balaban J connectivity index is 1.50. The van der Waals surface area contributed by atoms with E-state index in [0.717, 1.165) is 24.8 Å². The van der Waals surface area contributed by atoms with Crippen LogP contribution in [0, 0.1) is 27.9 Å². The van der Waals surface area contributed by atoms with Gasteiger partial charge in [0.05, 0.1) is 12.5 Å². The van der Waals surface area contributed by atoms with Gasteiger partial charge in [0.1, 0.15) is 5.78 Å². The van der Waals surface area contributed by atoms with Crippen molar-refractivity contribution >= 4 is 17.7 Å². The molecule has 4 atom stereocenters. The molecule has 0 saturated heterocycles. The van der Waals surface area contributed by atoms with Crippen LogP contribution in [0.15, 0.2) is 24.3 Å². The lowest BCUT2D eigenvalue weighted by Crippen LogP contribution is -2.34. The van der Waals surface area contributed by atoms with Gasteiger partial charge in [-0.25, -0.2) is 0 Å². The number of Topliss-reactive ketones (excluding diaryl/α,β-unsaturated/α-hetero) is 1. The Bertz CT molecular complexity index is 808. The van der Waals surface area contributed by atoms with Crippen molar-refractivity contribution < 1.29 is 24.0 Å². The average molecular weight is 402 g/mol. The van der Waals surface area contributed by atoms with Gasteiger partial charge in [0.2, 0.25) is 6.54 Å². The van der Waals surface area contributed by atoms with Gasteiger partial charge in [0, 0.05) is 23.2 Å². The Kier molecular flexibility index (Phi) is 6.61. The first-order valence-corrected chi connectivity index (χ1v) is 10.0. The van der Waals surface area contributed by atoms with Crippen molar-refractivity contribution in [2.45, 2.75) is 45.1 Å². The van der Waals surface area contributed by atoms with E-state index in [-0.39, 0.29) is 37.1 Å². The summed E-state index contributed by atoms with van der Waals surface area (Å²) in [5, 5.41) is 13.8. The minimum atomic E-state index is -0.712. The number of nitrogens with one attached hydrogen (secondary N) is 1. The van der Waals surface area contributed by atoms with Gasteiger partial charge in [-0.1, -0.05) is 31.2 Å². The van der Waals surface area contributed by atoms with Crippen LogP contribution in [0.4, 0.5) is 0 Å². The van der Waals surface area contributed by atoms with Gasteiger partial charge in [-0.15, -0.1) is 0 Å². The normalized spacial score (nSPS) is 25.9. The second kappa shape index (κ2) is 9.15. The molecule has 29 heavy (non-hydrogen) atoms. The van der Waals surface area contributed by atoms with Crippen molar-refractivity contribution in [3.05, 3.63) is 45.5 Å². The molecule has 3 rings (SSSR count). The van der Waals surface area contributed by atoms with E-state index in [2.05, 4.69) is 11.4 Å². The third-order valence-electron chi connectivity index (χ3n) is 6.00. The van der Waals surface area contributed by atoms with Crippen LogP contribution in [0.2, 0.25) is 0 Å². The number of ketones is 1. The summed E-state index contributed by atoms with van der Waals surface area (Å²) in [6, 6.07) is 7.85. The fourth-order valence-electron chi connectivity index (χ4n) is 4.52. The van der Waals surface area contributed by atoms with E-state index in [1.165, 1.54) is 5.56 Å². The molecular formula is C21H26N2O6. The van der Waals surface area contributed by atoms with Crippen molar-refractivity contribution in [2.75, 3.05) is 13.2 Å². The maximum absolute atomic E-state index is 12.2. The lowest BCUT2D eigenvalue weighted by molar-refractivity contribution is -0.490. The lowest BCUT2D eigenvalue weighted by atomic mass is 9.88. The number of aryl methyl sites for hydroxylation is 1. The third kappa shape index (κ3) is 5.19. The summed E-state index contributed by atoms with van der Waals surface area (Å²) in [6.45, 7) is 1.02. The zero-order chi connectivity index (χ0) is 21.0. The maximum Gasteiger partial charge on any atom is 0.307 e. The molecule has 0 heterocycles. The molecule has 1 aromatic carbocycles. The molecule has 1 saturated carbocycles. The molecule has 2 aliphatic carbocycles. The highest BCUT2D eigenvalue weighted by Crippen LogP contribution is 2.36. The molecule has 2 aliphatic rings. The smallest absolute Gasteiger partial charge is 0.307 e. The largest absolute Gasteiger partial charge is 0.456 e. The molecule has 1 amide bonds. The maximum atomic E-state index is 12.2. The minimum absolute atomic E-state index is 0.104. The zero-order valence-corrected chi connectivity index (χ0v) is 16.5. The van der Waals surface area contributed by atoms with Crippen LogP contribution in [0.5, 0.6) is 0 Å². The van der Waals surface area contributed by atoms with E-state index < -0.39 is 35.2 Å². The molecule has 0 unspecified atom stereocenters. The van der Waals surface area contributed by atoms with Crippen molar-refractivity contribution in [1.82, 2.24) is 5.32 Å². The predicted octanol–water partition coefficient (Wildman–Crippen LogP) is 2.23. The molecule has 0 spiro atoms. The molecule has 0 bridgehead atoms. The van der Waals surface area contributed by atoms with Gasteiger partial charge in [-0.3, -0.25) is 24.5 Å². The molecule has 1 fully saturated rings. The SMILES string of the molecule is C[C@H]1CC(=O)[C@H](CC(=O)OCC(=O)N[C@@H]2CCCc3ccccc32)[C@@H]1C[N+](=O)[O-]. The lowest BCUT2D eigenvalue weighted by Gasteiger charge is -2.26. The number of ether oxygens (including phenoxy) is 1. The van der Waals surface area contributed by atoms with Crippen LogP contribution >= 0.6 is 0 Å². The highest BCUT2D eigenvalue weighted by Gasteiger charge is 2.44. The molecule has 1 aromatic rings. The molecule has 8 nitrogen and oxygen atoms in total. The van der Waals surface area contributed by atoms with Crippen LogP contribution in [-0.4, -0.2) is 35.7 Å². The first-order valence-electron chi connectivity index (χ1n) is 10.0. The summed E-state index contributed by atoms with van der Waals surface area (Å²) < 4.78 is 5.06. The number of rotatable bonds is 7. The fraction of sp³-hybridized carbons (Fsp3) is 0.571. The van der Waals surface area contributed by atoms with Gasteiger partial charge in [-0.2, -0.15) is 0 Å². The summed E-state index contributed by atoms with van der Waals surface area (Å²) in [7, 11) is 0. The Morgan fingerprint density at radius 3 is 2.83 bits per heavy atom. The van der Waals surface area contributed by atoms with Crippen molar-refractivity contribution in [3.63, 3.8) is 0 Å². The first-order chi connectivity index (χ1) is 13.8. The van der Waals surface area contributed by atoms with Crippen molar-refractivity contribution in [1.29, 1.82) is 0 Å². The number of hydrogen-bond donors (Lipinski definition) is 1. The minimum Gasteiger partial charge on any atom is -0.456 e. The number of amides is 1. The number of fused-ring (bicyclic) bond motifs is 1. The second-order valence-corrected chi connectivity index (χ2v) is 8.01. The molecule has 156 valence electrons. The summed E-state index contributed by atoms with van der Waals surface area (Å²) in [4.78, 5) is 46.9. The van der Waals surface area contributed by atoms with Crippen molar-refractivity contribution in [2.24, 2.45) is 17.8 Å². The van der Waals surface area contributed by atoms with Crippen LogP contribution in [0.3, 0.4) is 0 Å². The van der Waals surface area contributed by atoms with Crippen LogP contribution < -0.4 is 5.32 Å². The number of nitrogens with zero attached hydrogens (tertiary/aromatic N) is 1. The third-order valence-corrected chi connectivity index (χ3v) is 6.00. The number of hydrogen-bond acceptors (Lipinski definition) is 6. The number of esters is 1. The molecule has 0 aliphatic heterocycles. The average Bonchev–Trinajstić information content (AvgIpc) is 2.93. The molecule has 1 N–H and O–H groups in total. The highest BCUT2D eigenvalue weighted by atomic mass is 16.6. The van der Waals surface area contributed by atoms with Gasteiger partial charge >= 0.3 is 5.97 Å². The quantitative estimate of drug-likeness (QED) is 0.425. The van der Waals surface area contributed by atoms with E-state index in [9.17, 15) is 24.5 Å². The van der Waals surface area contributed by atoms with E-state index in [1.54, 1.807) is 6.92 Å². The van der Waals surface area contributed by atoms with Gasteiger partial charge in [0.15, 0.2) is 6.61 Å². The monoisotopic (exact) mass is 402 g/mol. The number of carbonyl (C=O) groups excluding carboxylic acids is 3. The molecule has 0 aromatic heterocycles. The molecule has 8 heteroatoms. The van der Waals surface area contributed by atoms with E-state index in [1.807, 2.05) is 18.2 Å². The predicted molar refractivity (Wildman–Crippen MR) is 103 cm³/mol. The Hall–Kier alpha value is -2.77. The summed E-state index contributed by atoms with van der Waals surface area (Å²) in [5.74, 6) is -2.54. The number of benzene rings is 1. The summed E-state index contributed by atoms with van der Waals surface area (Å²) in [5.41, 5.74) is 2.30. The van der Waals surface area contributed by atoms with E-state index in [0.29, 0.717) is 0 Å². The Morgan fingerprint density at radius 1 is 1.31 bits per heavy atom. The van der Waals surface area contributed by atoms with E-state index >= 15 is 0 Å². The van der Waals surface area contributed by atoms with Crippen molar-refractivity contribution in [3.8, 4) is 0 Å². The van der Waals surface area contributed by atoms with Crippen LogP contribution in [0.25, 0.3) is 0 Å². The van der Waals surface area contributed by atoms with Gasteiger partial charge < -0.3 is 10.1 Å². The fourth-order valence-corrected chi connectivity index (χ4v) is 4.52. The van der Waals surface area contributed by atoms with Gasteiger partial charge in [-0.05, 0) is 36.3 Å². The van der Waals surface area contributed by atoms with E-state index in [4.69, 9.17) is 4.74 Å². The Morgan fingerprint density at radius 2 is 2.07 bits per heavy atom. The van der Waals surface area contributed by atoms with Crippen LogP contribution in [-0.2, 0) is 25.5 Å². The van der Waals surface area contributed by atoms with Gasteiger partial charge in [0.25, 0.3) is 5.91 Å². The molecule has 0 radical (unpaired) electrons. The zero-order valence-electron chi connectivity index (χ0n) is 16.5. The molecular weight excluding hydrogens is 376 g/mol. The number of carbonyl (C=O) groups is 3. The second-order valence-electron chi connectivity index (χ2n) is 8.01. The summed E-state index contributed by atoms with van der Waals surface area (Å²) in [6.07, 6.45) is 2.80. The number of nitro groups is 1. The summed E-state index contributed by atoms with van der Waals surface area (Å²) >= 11 is 0. The topological polar surface area (TPSA) is 116 Å². The standard InChI is InChI=1S/C21H26N2O6/c1-13-9-19(24)16(17(13)11-23(27)28)10-21(26)29-12-20(25)22-18-8-4-6-14-5-2-3-7-15(14)18/h2-3,5,7,13,16-18H,4,6,8-12H2,1H3,(H,22,25)/t13-,16+,17+,18+/m0/s1.